The first kappa shape index (κ1) is 17.4. The number of benzene rings is 3. The van der Waals surface area contributed by atoms with E-state index in [-0.39, 0.29) is 11.5 Å². The zero-order valence-corrected chi connectivity index (χ0v) is 14.8. The van der Waals surface area contributed by atoms with E-state index in [0.29, 0.717) is 0 Å². The molecule has 1 N–H and O–H groups in total. The molecule has 25 heavy (non-hydrogen) atoms. The van der Waals surface area contributed by atoms with Crippen LogP contribution in [0.2, 0.25) is 0 Å². The molecule has 1 atom stereocenters. The van der Waals surface area contributed by atoms with E-state index in [1.807, 2.05) is 6.92 Å². The Balaban J connectivity index is 2.16. The first-order valence-electron chi connectivity index (χ1n) is 9.08. The van der Waals surface area contributed by atoms with Gasteiger partial charge in [-0.25, -0.2) is 0 Å². The summed E-state index contributed by atoms with van der Waals surface area (Å²) in [7, 11) is 0. The molecule has 1 heteroatoms. The molecule has 3 aromatic carbocycles. The van der Waals surface area contributed by atoms with Crippen LogP contribution in [0.15, 0.2) is 91.0 Å². The Morgan fingerprint density at radius 3 is 1.36 bits per heavy atom. The van der Waals surface area contributed by atoms with E-state index in [2.05, 4.69) is 91.0 Å². The summed E-state index contributed by atoms with van der Waals surface area (Å²) in [4.78, 5) is 0. The zero-order chi connectivity index (χ0) is 17.5. The first-order chi connectivity index (χ1) is 12.2. The summed E-state index contributed by atoms with van der Waals surface area (Å²) in [6, 6.07) is 32.3. The Bertz CT molecular complexity index is 651. The predicted octanol–water partition coefficient (Wildman–Crippen LogP) is 5.57. The average Bonchev–Trinajstić information content (AvgIpc) is 2.67. The molecular formula is C24H26O. The highest BCUT2D eigenvalue weighted by Gasteiger charge is 2.35. The topological polar surface area (TPSA) is 20.2 Å². The van der Waals surface area contributed by atoms with Crippen molar-refractivity contribution in [1.29, 1.82) is 0 Å². The molecule has 0 saturated heterocycles. The minimum absolute atomic E-state index is 0.196. The van der Waals surface area contributed by atoms with Gasteiger partial charge in [-0.2, -0.15) is 0 Å². The smallest absolute Gasteiger partial charge is 0.0512 e. The van der Waals surface area contributed by atoms with E-state index >= 15 is 0 Å². The fourth-order valence-corrected chi connectivity index (χ4v) is 3.76. The number of rotatable bonds is 7. The Labute approximate surface area is 151 Å². The van der Waals surface area contributed by atoms with Gasteiger partial charge in [-0.3, -0.25) is 0 Å². The molecule has 3 aromatic rings. The quantitative estimate of drug-likeness (QED) is 0.561. The van der Waals surface area contributed by atoms with Crippen molar-refractivity contribution in [3.63, 3.8) is 0 Å². The van der Waals surface area contributed by atoms with Crippen LogP contribution in [0.25, 0.3) is 0 Å². The van der Waals surface area contributed by atoms with Crippen molar-refractivity contribution in [1.82, 2.24) is 0 Å². The summed E-state index contributed by atoms with van der Waals surface area (Å²) >= 11 is 0. The molecule has 0 radical (unpaired) electrons. The van der Waals surface area contributed by atoms with E-state index in [1.165, 1.54) is 16.7 Å². The second-order valence-electron chi connectivity index (χ2n) is 6.74. The van der Waals surface area contributed by atoms with E-state index in [9.17, 15) is 5.11 Å². The van der Waals surface area contributed by atoms with Gasteiger partial charge in [0, 0.05) is 5.41 Å². The highest BCUT2D eigenvalue weighted by Crippen LogP contribution is 2.43. The fraction of sp³-hybridized carbons (Fsp3) is 0.250. The Morgan fingerprint density at radius 1 is 0.680 bits per heavy atom. The molecular weight excluding hydrogens is 304 g/mol. The summed E-state index contributed by atoms with van der Waals surface area (Å²) < 4.78 is 0. The van der Waals surface area contributed by atoms with Crippen molar-refractivity contribution < 1.29 is 5.11 Å². The van der Waals surface area contributed by atoms with E-state index in [1.54, 1.807) is 0 Å². The van der Waals surface area contributed by atoms with Crippen molar-refractivity contribution in [2.24, 2.45) is 0 Å². The third kappa shape index (κ3) is 3.83. The molecule has 1 unspecified atom stereocenters. The predicted molar refractivity (Wildman–Crippen MR) is 105 cm³/mol. The monoisotopic (exact) mass is 330 g/mol. The summed E-state index contributed by atoms with van der Waals surface area (Å²) in [5, 5.41) is 9.76. The normalized spacial score (nSPS) is 12.7. The number of hydrogen-bond acceptors (Lipinski definition) is 1. The van der Waals surface area contributed by atoms with Crippen LogP contribution in [-0.2, 0) is 5.41 Å². The second-order valence-corrected chi connectivity index (χ2v) is 6.74. The third-order valence-electron chi connectivity index (χ3n) is 4.97. The molecule has 0 spiro atoms. The van der Waals surface area contributed by atoms with Gasteiger partial charge in [0.1, 0.15) is 0 Å². The zero-order valence-electron chi connectivity index (χ0n) is 14.8. The van der Waals surface area contributed by atoms with E-state index < -0.39 is 0 Å². The fourth-order valence-electron chi connectivity index (χ4n) is 3.76. The van der Waals surface area contributed by atoms with Gasteiger partial charge in [0.15, 0.2) is 0 Å². The van der Waals surface area contributed by atoms with Crippen LogP contribution >= 0.6 is 0 Å². The molecule has 0 aliphatic rings. The SMILES string of the molecule is CC(O)CCCC(c1ccccc1)(c1ccccc1)c1ccccc1. The number of hydrogen-bond donors (Lipinski definition) is 1. The minimum Gasteiger partial charge on any atom is -0.393 e. The Hall–Kier alpha value is -2.38. The van der Waals surface area contributed by atoms with E-state index in [4.69, 9.17) is 0 Å². The highest BCUT2D eigenvalue weighted by molar-refractivity contribution is 5.50. The molecule has 0 bridgehead atoms. The van der Waals surface area contributed by atoms with Crippen LogP contribution in [0.3, 0.4) is 0 Å². The van der Waals surface area contributed by atoms with Gasteiger partial charge >= 0.3 is 0 Å². The van der Waals surface area contributed by atoms with Crippen molar-refractivity contribution >= 4 is 0 Å². The maximum Gasteiger partial charge on any atom is 0.0512 e. The third-order valence-corrected chi connectivity index (χ3v) is 4.97. The van der Waals surface area contributed by atoms with Gasteiger partial charge in [0.2, 0.25) is 0 Å². The molecule has 0 amide bonds. The first-order valence-corrected chi connectivity index (χ1v) is 9.08. The molecule has 0 saturated carbocycles. The lowest BCUT2D eigenvalue weighted by atomic mass is 9.66. The largest absolute Gasteiger partial charge is 0.393 e. The second kappa shape index (κ2) is 8.13. The van der Waals surface area contributed by atoms with Gasteiger partial charge in [-0.1, -0.05) is 91.0 Å². The molecule has 128 valence electrons. The lowest BCUT2D eigenvalue weighted by molar-refractivity contribution is 0.178. The summed E-state index contributed by atoms with van der Waals surface area (Å²) in [5.74, 6) is 0. The van der Waals surface area contributed by atoms with Crippen LogP contribution < -0.4 is 0 Å². The van der Waals surface area contributed by atoms with Gasteiger partial charge in [-0.15, -0.1) is 0 Å². The Kier molecular flexibility index (Phi) is 5.67. The van der Waals surface area contributed by atoms with Crippen LogP contribution in [0.1, 0.15) is 42.9 Å². The number of aliphatic hydroxyl groups is 1. The maximum atomic E-state index is 9.76. The summed E-state index contributed by atoms with van der Waals surface area (Å²) in [5.41, 5.74) is 3.72. The molecule has 0 fully saturated rings. The van der Waals surface area contributed by atoms with Crippen molar-refractivity contribution in [2.45, 2.75) is 37.7 Å². The van der Waals surface area contributed by atoms with Gasteiger partial charge in [0.05, 0.1) is 6.10 Å². The van der Waals surface area contributed by atoms with E-state index in [0.717, 1.165) is 19.3 Å². The van der Waals surface area contributed by atoms with Gasteiger partial charge in [-0.05, 0) is 42.9 Å². The lowest BCUT2D eigenvalue weighted by Crippen LogP contribution is -2.29. The van der Waals surface area contributed by atoms with Crippen LogP contribution in [-0.4, -0.2) is 11.2 Å². The molecule has 3 rings (SSSR count). The van der Waals surface area contributed by atoms with Gasteiger partial charge < -0.3 is 5.11 Å². The molecule has 1 nitrogen and oxygen atoms in total. The van der Waals surface area contributed by atoms with Gasteiger partial charge in [0.25, 0.3) is 0 Å². The molecule has 0 aromatic heterocycles. The standard InChI is InChI=1S/C24H26O/c1-20(25)12-11-19-24(21-13-5-2-6-14-21,22-15-7-3-8-16-22)23-17-9-4-10-18-23/h2-10,13-18,20,25H,11-12,19H2,1H3. The van der Waals surface area contributed by atoms with Crippen LogP contribution in [0.4, 0.5) is 0 Å². The van der Waals surface area contributed by atoms with Crippen LogP contribution in [0.5, 0.6) is 0 Å². The van der Waals surface area contributed by atoms with Crippen LogP contribution in [0, 0.1) is 0 Å². The van der Waals surface area contributed by atoms with Crippen molar-refractivity contribution in [3.05, 3.63) is 108 Å². The van der Waals surface area contributed by atoms with Crippen molar-refractivity contribution in [2.75, 3.05) is 0 Å². The maximum absolute atomic E-state index is 9.76. The number of aliphatic hydroxyl groups excluding tert-OH is 1. The molecule has 0 heterocycles. The average molecular weight is 330 g/mol. The molecule has 0 aliphatic carbocycles. The lowest BCUT2D eigenvalue weighted by Gasteiger charge is -2.36. The molecule has 0 aliphatic heterocycles. The summed E-state index contributed by atoms with van der Waals surface area (Å²) in [6.07, 6.45) is 2.49. The Morgan fingerprint density at radius 2 is 1.04 bits per heavy atom. The van der Waals surface area contributed by atoms with Crippen molar-refractivity contribution in [3.8, 4) is 0 Å². The highest BCUT2D eigenvalue weighted by atomic mass is 16.3. The summed E-state index contributed by atoms with van der Waals surface area (Å²) in [6.45, 7) is 1.87. The minimum atomic E-state index is -0.264.